The lowest BCUT2D eigenvalue weighted by Gasteiger charge is -2.22. The molecular formula is C20H22BrClN2O4. The minimum absolute atomic E-state index is 0.0735. The molecule has 1 N–H and O–H groups in total. The topological polar surface area (TPSA) is 67.9 Å². The number of nitrogens with one attached hydrogen (secondary N) is 1. The minimum atomic E-state index is -0.307. The number of anilines is 1. The quantitative estimate of drug-likeness (QED) is 0.592. The molecule has 0 saturated heterocycles. The van der Waals surface area contributed by atoms with Gasteiger partial charge in [0, 0.05) is 11.6 Å². The van der Waals surface area contributed by atoms with E-state index in [1.54, 1.807) is 36.4 Å². The first kappa shape index (κ1) is 22.0. The number of rotatable bonds is 9. The third-order valence-electron chi connectivity index (χ3n) is 3.81. The molecule has 0 unspecified atom stereocenters. The number of methoxy groups -OCH3 is 1. The van der Waals surface area contributed by atoms with Crippen molar-refractivity contribution < 1.29 is 19.1 Å². The van der Waals surface area contributed by atoms with Gasteiger partial charge >= 0.3 is 0 Å². The van der Waals surface area contributed by atoms with E-state index >= 15 is 0 Å². The predicted molar refractivity (Wildman–Crippen MR) is 113 cm³/mol. The summed E-state index contributed by atoms with van der Waals surface area (Å²) in [6, 6.07) is 12.1. The standard InChI is InChI=1S/C20H22BrClN2O4/c1-3-10-24(12-19(25)23-16-6-4-5-7-18(16)27-2)20(26)13-28-17-9-8-14(22)11-15(17)21/h4-9,11H,3,10,12-13H2,1-2H3,(H,23,25). The fourth-order valence-electron chi connectivity index (χ4n) is 2.50. The van der Waals surface area contributed by atoms with Crippen LogP contribution in [0.4, 0.5) is 5.69 Å². The third kappa shape index (κ3) is 6.42. The molecule has 0 atom stereocenters. The molecule has 0 saturated carbocycles. The Labute approximate surface area is 177 Å². The monoisotopic (exact) mass is 468 g/mol. The van der Waals surface area contributed by atoms with Crippen molar-refractivity contribution >= 4 is 45.0 Å². The molecular weight excluding hydrogens is 448 g/mol. The van der Waals surface area contributed by atoms with Gasteiger partial charge in [-0.1, -0.05) is 30.7 Å². The second-order valence-electron chi connectivity index (χ2n) is 5.93. The van der Waals surface area contributed by atoms with Crippen LogP contribution in [0.1, 0.15) is 13.3 Å². The molecule has 0 aliphatic carbocycles. The highest BCUT2D eigenvalue weighted by Crippen LogP contribution is 2.28. The number of benzene rings is 2. The number of nitrogens with zero attached hydrogens (tertiary/aromatic N) is 1. The molecule has 0 aliphatic heterocycles. The van der Waals surface area contributed by atoms with Crippen LogP contribution in [0.3, 0.4) is 0 Å². The zero-order valence-corrected chi connectivity index (χ0v) is 18.0. The van der Waals surface area contributed by atoms with Crippen LogP contribution >= 0.6 is 27.5 Å². The van der Waals surface area contributed by atoms with Gasteiger partial charge in [0.2, 0.25) is 5.91 Å². The number of carbonyl (C=O) groups excluding carboxylic acids is 2. The summed E-state index contributed by atoms with van der Waals surface area (Å²) < 4.78 is 11.4. The van der Waals surface area contributed by atoms with E-state index in [0.717, 1.165) is 6.42 Å². The number of para-hydroxylation sites is 2. The maximum atomic E-state index is 12.6. The summed E-state index contributed by atoms with van der Waals surface area (Å²) in [5.41, 5.74) is 0.556. The molecule has 2 aromatic carbocycles. The molecule has 28 heavy (non-hydrogen) atoms. The SMILES string of the molecule is CCCN(CC(=O)Nc1ccccc1OC)C(=O)COc1ccc(Cl)cc1Br. The van der Waals surface area contributed by atoms with Crippen molar-refractivity contribution in [3.8, 4) is 11.5 Å². The Kier molecular flexibility index (Phi) is 8.60. The van der Waals surface area contributed by atoms with Crippen molar-refractivity contribution in [3.05, 3.63) is 52.0 Å². The van der Waals surface area contributed by atoms with E-state index in [4.69, 9.17) is 21.1 Å². The maximum Gasteiger partial charge on any atom is 0.260 e. The van der Waals surface area contributed by atoms with Crippen LogP contribution in [-0.2, 0) is 9.59 Å². The maximum absolute atomic E-state index is 12.6. The van der Waals surface area contributed by atoms with E-state index in [2.05, 4.69) is 21.2 Å². The summed E-state index contributed by atoms with van der Waals surface area (Å²) >= 11 is 9.25. The molecule has 0 bridgehead atoms. The Hall–Kier alpha value is -2.25. The van der Waals surface area contributed by atoms with Gasteiger partial charge in [-0.25, -0.2) is 0 Å². The number of hydrogen-bond acceptors (Lipinski definition) is 4. The van der Waals surface area contributed by atoms with Gasteiger partial charge in [-0.2, -0.15) is 0 Å². The lowest BCUT2D eigenvalue weighted by Crippen LogP contribution is -2.41. The van der Waals surface area contributed by atoms with Crippen molar-refractivity contribution in [1.29, 1.82) is 0 Å². The number of ether oxygens (including phenoxy) is 2. The van der Waals surface area contributed by atoms with E-state index in [1.165, 1.54) is 12.0 Å². The van der Waals surface area contributed by atoms with Crippen molar-refractivity contribution in [1.82, 2.24) is 4.90 Å². The van der Waals surface area contributed by atoms with Crippen LogP contribution in [0.25, 0.3) is 0 Å². The number of carbonyl (C=O) groups is 2. The molecule has 0 heterocycles. The van der Waals surface area contributed by atoms with Crippen LogP contribution in [0.5, 0.6) is 11.5 Å². The second-order valence-corrected chi connectivity index (χ2v) is 7.22. The first-order valence-corrected chi connectivity index (χ1v) is 9.90. The Bertz CT molecular complexity index is 832. The summed E-state index contributed by atoms with van der Waals surface area (Å²) in [6.07, 6.45) is 0.721. The summed E-state index contributed by atoms with van der Waals surface area (Å²) in [5.74, 6) is 0.477. The van der Waals surface area contributed by atoms with Gasteiger partial charge in [0.25, 0.3) is 5.91 Å². The van der Waals surface area contributed by atoms with Crippen LogP contribution in [0, 0.1) is 0 Å². The highest BCUT2D eigenvalue weighted by Gasteiger charge is 2.18. The first-order chi connectivity index (χ1) is 13.4. The lowest BCUT2D eigenvalue weighted by atomic mass is 10.3. The highest BCUT2D eigenvalue weighted by atomic mass is 79.9. The fraction of sp³-hybridized carbons (Fsp3) is 0.300. The molecule has 150 valence electrons. The van der Waals surface area contributed by atoms with Gasteiger partial charge in [0.15, 0.2) is 6.61 Å². The van der Waals surface area contributed by atoms with Gasteiger partial charge in [0.1, 0.15) is 11.5 Å². The van der Waals surface area contributed by atoms with Crippen molar-refractivity contribution in [2.24, 2.45) is 0 Å². The molecule has 0 aliphatic rings. The normalized spacial score (nSPS) is 10.3. The fourth-order valence-corrected chi connectivity index (χ4v) is 3.29. The zero-order valence-electron chi connectivity index (χ0n) is 15.7. The summed E-state index contributed by atoms with van der Waals surface area (Å²) in [7, 11) is 1.53. The molecule has 8 heteroatoms. The average molecular weight is 470 g/mol. The van der Waals surface area contributed by atoms with Crippen LogP contribution in [0.2, 0.25) is 5.02 Å². The minimum Gasteiger partial charge on any atom is -0.495 e. The Morgan fingerprint density at radius 2 is 1.93 bits per heavy atom. The molecule has 6 nitrogen and oxygen atoms in total. The average Bonchev–Trinajstić information content (AvgIpc) is 2.67. The van der Waals surface area contributed by atoms with E-state index in [0.29, 0.717) is 33.2 Å². The van der Waals surface area contributed by atoms with E-state index in [1.807, 2.05) is 13.0 Å². The smallest absolute Gasteiger partial charge is 0.260 e. The van der Waals surface area contributed by atoms with E-state index in [9.17, 15) is 9.59 Å². The van der Waals surface area contributed by atoms with Gasteiger partial charge < -0.3 is 19.7 Å². The zero-order chi connectivity index (χ0) is 20.5. The van der Waals surface area contributed by atoms with E-state index < -0.39 is 0 Å². The van der Waals surface area contributed by atoms with Crippen LogP contribution < -0.4 is 14.8 Å². The third-order valence-corrected chi connectivity index (χ3v) is 4.66. The number of halogens is 2. The van der Waals surface area contributed by atoms with Crippen LogP contribution in [-0.4, -0.2) is 43.5 Å². The molecule has 0 fully saturated rings. The van der Waals surface area contributed by atoms with Crippen molar-refractivity contribution in [2.75, 3.05) is 32.1 Å². The molecule has 2 amide bonds. The van der Waals surface area contributed by atoms with Crippen LogP contribution in [0.15, 0.2) is 46.9 Å². The Balaban J connectivity index is 1.97. The highest BCUT2D eigenvalue weighted by molar-refractivity contribution is 9.10. The summed E-state index contributed by atoms with van der Waals surface area (Å²) in [5, 5.41) is 3.33. The molecule has 2 rings (SSSR count). The number of hydrogen-bond donors (Lipinski definition) is 1. The van der Waals surface area contributed by atoms with Gasteiger partial charge in [-0.05, 0) is 52.7 Å². The lowest BCUT2D eigenvalue weighted by molar-refractivity contribution is -0.136. The van der Waals surface area contributed by atoms with Crippen molar-refractivity contribution in [2.45, 2.75) is 13.3 Å². The second kappa shape index (κ2) is 10.9. The molecule has 0 aromatic heterocycles. The van der Waals surface area contributed by atoms with Crippen molar-refractivity contribution in [3.63, 3.8) is 0 Å². The molecule has 2 aromatic rings. The molecule has 0 radical (unpaired) electrons. The predicted octanol–water partition coefficient (Wildman–Crippen LogP) is 4.37. The number of amides is 2. The van der Waals surface area contributed by atoms with E-state index in [-0.39, 0.29) is 25.0 Å². The van der Waals surface area contributed by atoms with Gasteiger partial charge in [-0.3, -0.25) is 9.59 Å². The Morgan fingerprint density at radius 1 is 1.18 bits per heavy atom. The molecule has 0 spiro atoms. The largest absolute Gasteiger partial charge is 0.495 e. The van der Waals surface area contributed by atoms with Gasteiger partial charge in [0.05, 0.1) is 23.8 Å². The van der Waals surface area contributed by atoms with Gasteiger partial charge in [-0.15, -0.1) is 0 Å². The Morgan fingerprint density at radius 3 is 2.61 bits per heavy atom. The first-order valence-electron chi connectivity index (χ1n) is 8.73. The summed E-state index contributed by atoms with van der Waals surface area (Å²) in [4.78, 5) is 26.4. The summed E-state index contributed by atoms with van der Waals surface area (Å²) in [6.45, 7) is 2.14.